The molecule has 7 heteroatoms. The van der Waals surface area contributed by atoms with Crippen LogP contribution in [-0.4, -0.2) is 46.1 Å². The van der Waals surface area contributed by atoms with Gasteiger partial charge in [-0.2, -0.15) is 26.7 Å². The van der Waals surface area contributed by atoms with Gasteiger partial charge in [-0.3, -0.25) is 0 Å². The molecule has 0 radical (unpaired) electrons. The number of nitrogens with two attached hydrogens (primary N) is 1. The third-order valence-corrected chi connectivity index (χ3v) is 3.61. The summed E-state index contributed by atoms with van der Waals surface area (Å²) in [5.74, 6) is 1.43. The van der Waals surface area contributed by atoms with Crippen LogP contribution in [0.15, 0.2) is 0 Å². The summed E-state index contributed by atoms with van der Waals surface area (Å²) in [6.45, 7) is 8.77. The van der Waals surface area contributed by atoms with E-state index >= 15 is 0 Å². The standard InChI is InChI=1S/C11H22N6S/c1-5-17(6-2)11-15-9(12)14-10(16-11)13-7-8(3)18-4/h8H,5-7H2,1-4H3,(H3,12,13,14,15,16). The summed E-state index contributed by atoms with van der Waals surface area (Å²) in [6, 6.07) is 0. The lowest BCUT2D eigenvalue weighted by Gasteiger charge is -2.19. The van der Waals surface area contributed by atoms with E-state index in [0.29, 0.717) is 17.1 Å². The highest BCUT2D eigenvalue weighted by Gasteiger charge is 2.10. The van der Waals surface area contributed by atoms with Crippen LogP contribution in [0.2, 0.25) is 0 Å². The van der Waals surface area contributed by atoms with Crippen LogP contribution in [0.5, 0.6) is 0 Å². The van der Waals surface area contributed by atoms with Crippen LogP contribution in [0.4, 0.5) is 17.8 Å². The number of anilines is 3. The molecule has 0 aliphatic rings. The zero-order chi connectivity index (χ0) is 13.5. The van der Waals surface area contributed by atoms with Crippen molar-refractivity contribution in [1.29, 1.82) is 0 Å². The maximum Gasteiger partial charge on any atom is 0.231 e. The zero-order valence-electron chi connectivity index (χ0n) is 11.5. The molecule has 1 atom stereocenters. The molecule has 0 saturated carbocycles. The molecule has 0 saturated heterocycles. The molecule has 1 unspecified atom stereocenters. The monoisotopic (exact) mass is 270 g/mol. The number of nitrogens with one attached hydrogen (secondary N) is 1. The van der Waals surface area contributed by atoms with Crippen molar-refractivity contribution in [3.63, 3.8) is 0 Å². The topological polar surface area (TPSA) is 80.0 Å². The first kappa shape index (κ1) is 14.8. The quantitative estimate of drug-likeness (QED) is 0.776. The minimum absolute atomic E-state index is 0.256. The maximum absolute atomic E-state index is 5.71. The van der Waals surface area contributed by atoms with E-state index in [0.717, 1.165) is 19.6 Å². The van der Waals surface area contributed by atoms with Crippen LogP contribution in [-0.2, 0) is 0 Å². The Balaban J connectivity index is 2.80. The summed E-state index contributed by atoms with van der Waals surface area (Å²) in [7, 11) is 0. The van der Waals surface area contributed by atoms with Gasteiger partial charge in [0.05, 0.1) is 0 Å². The van der Waals surface area contributed by atoms with Crippen molar-refractivity contribution in [3.8, 4) is 0 Å². The summed E-state index contributed by atoms with van der Waals surface area (Å²) < 4.78 is 0. The van der Waals surface area contributed by atoms with Crippen LogP contribution >= 0.6 is 11.8 Å². The SMILES string of the molecule is CCN(CC)c1nc(N)nc(NCC(C)SC)n1. The van der Waals surface area contributed by atoms with Crippen LogP contribution in [0.1, 0.15) is 20.8 Å². The third-order valence-electron chi connectivity index (χ3n) is 2.64. The number of hydrogen-bond donors (Lipinski definition) is 2. The number of nitrogen functional groups attached to an aromatic ring is 1. The van der Waals surface area contributed by atoms with E-state index < -0.39 is 0 Å². The highest BCUT2D eigenvalue weighted by molar-refractivity contribution is 7.99. The van der Waals surface area contributed by atoms with Crippen molar-refractivity contribution in [3.05, 3.63) is 0 Å². The van der Waals surface area contributed by atoms with Crippen LogP contribution in [0, 0.1) is 0 Å². The average molecular weight is 270 g/mol. The lowest BCUT2D eigenvalue weighted by molar-refractivity contribution is 0.813. The van der Waals surface area contributed by atoms with Crippen molar-refractivity contribution in [2.45, 2.75) is 26.0 Å². The molecular weight excluding hydrogens is 248 g/mol. The highest BCUT2D eigenvalue weighted by Crippen LogP contribution is 2.12. The molecule has 0 aromatic carbocycles. The molecule has 1 heterocycles. The van der Waals surface area contributed by atoms with Gasteiger partial charge in [0, 0.05) is 24.9 Å². The Morgan fingerprint density at radius 2 is 1.94 bits per heavy atom. The first-order valence-corrected chi connectivity index (χ1v) is 7.42. The normalized spacial score (nSPS) is 12.2. The molecule has 0 aliphatic heterocycles. The van der Waals surface area contributed by atoms with Crippen LogP contribution in [0.25, 0.3) is 0 Å². The summed E-state index contributed by atoms with van der Waals surface area (Å²) >= 11 is 1.79. The van der Waals surface area contributed by atoms with E-state index in [1.165, 1.54) is 0 Å². The Labute approximate surface area is 113 Å². The van der Waals surface area contributed by atoms with Crippen molar-refractivity contribution in [1.82, 2.24) is 15.0 Å². The predicted molar refractivity (Wildman–Crippen MR) is 79.3 cm³/mol. The molecule has 0 fully saturated rings. The van der Waals surface area contributed by atoms with Gasteiger partial charge >= 0.3 is 0 Å². The molecule has 0 amide bonds. The Morgan fingerprint density at radius 1 is 1.28 bits per heavy atom. The average Bonchev–Trinajstić information content (AvgIpc) is 2.37. The van der Waals surface area contributed by atoms with E-state index in [1.807, 2.05) is 4.90 Å². The van der Waals surface area contributed by atoms with Gasteiger partial charge < -0.3 is 16.0 Å². The van der Waals surface area contributed by atoms with E-state index in [1.54, 1.807) is 11.8 Å². The maximum atomic E-state index is 5.71. The predicted octanol–water partition coefficient (Wildman–Crippen LogP) is 1.46. The largest absolute Gasteiger partial charge is 0.368 e. The molecular formula is C11H22N6S. The number of aromatic nitrogens is 3. The number of thioether (sulfide) groups is 1. The summed E-state index contributed by atoms with van der Waals surface area (Å²) in [4.78, 5) is 14.7. The van der Waals surface area contributed by atoms with E-state index in [9.17, 15) is 0 Å². The van der Waals surface area contributed by atoms with Gasteiger partial charge in [-0.05, 0) is 20.1 Å². The molecule has 6 nitrogen and oxygen atoms in total. The Bertz CT molecular complexity index is 369. The Kier molecular flexibility index (Phi) is 5.97. The molecule has 0 spiro atoms. The van der Waals surface area contributed by atoms with Crippen LogP contribution in [0.3, 0.4) is 0 Å². The first-order chi connectivity index (χ1) is 8.60. The molecule has 3 N–H and O–H groups in total. The van der Waals surface area contributed by atoms with Crippen molar-refractivity contribution >= 4 is 29.6 Å². The Morgan fingerprint density at radius 3 is 2.50 bits per heavy atom. The fraction of sp³-hybridized carbons (Fsp3) is 0.727. The minimum Gasteiger partial charge on any atom is -0.368 e. The first-order valence-electron chi connectivity index (χ1n) is 6.13. The second-order valence-corrected chi connectivity index (χ2v) is 5.19. The highest BCUT2D eigenvalue weighted by atomic mass is 32.2. The summed E-state index contributed by atoms with van der Waals surface area (Å²) in [6.07, 6.45) is 2.08. The number of nitrogens with zero attached hydrogens (tertiary/aromatic N) is 4. The Hall–Kier alpha value is -1.24. The lowest BCUT2D eigenvalue weighted by atomic mass is 10.5. The fourth-order valence-electron chi connectivity index (χ4n) is 1.43. The van der Waals surface area contributed by atoms with E-state index in [4.69, 9.17) is 5.73 Å². The molecule has 0 aliphatic carbocycles. The number of hydrogen-bond acceptors (Lipinski definition) is 7. The second-order valence-electron chi connectivity index (χ2n) is 3.92. The van der Waals surface area contributed by atoms with Crippen molar-refractivity contribution < 1.29 is 0 Å². The van der Waals surface area contributed by atoms with Crippen molar-refractivity contribution in [2.24, 2.45) is 0 Å². The van der Waals surface area contributed by atoms with Gasteiger partial charge in [-0.25, -0.2) is 0 Å². The zero-order valence-corrected chi connectivity index (χ0v) is 12.3. The minimum atomic E-state index is 0.256. The van der Waals surface area contributed by atoms with Crippen molar-refractivity contribution in [2.75, 3.05) is 41.8 Å². The van der Waals surface area contributed by atoms with Gasteiger partial charge in [0.1, 0.15) is 0 Å². The molecule has 0 bridgehead atoms. The van der Waals surface area contributed by atoms with Gasteiger partial charge in [0.2, 0.25) is 17.8 Å². The lowest BCUT2D eigenvalue weighted by Crippen LogP contribution is -2.26. The van der Waals surface area contributed by atoms with Gasteiger partial charge in [-0.1, -0.05) is 6.92 Å². The van der Waals surface area contributed by atoms with Gasteiger partial charge in [0.15, 0.2) is 0 Å². The molecule has 102 valence electrons. The van der Waals surface area contributed by atoms with Gasteiger partial charge in [0.25, 0.3) is 0 Å². The van der Waals surface area contributed by atoms with Gasteiger partial charge in [-0.15, -0.1) is 0 Å². The molecule has 1 rings (SSSR count). The molecule has 18 heavy (non-hydrogen) atoms. The number of rotatable bonds is 7. The summed E-state index contributed by atoms with van der Waals surface area (Å²) in [5, 5.41) is 3.69. The van der Waals surface area contributed by atoms with E-state index in [-0.39, 0.29) is 5.95 Å². The third kappa shape index (κ3) is 4.21. The second kappa shape index (κ2) is 7.25. The molecule has 1 aromatic heterocycles. The van der Waals surface area contributed by atoms with E-state index in [2.05, 4.69) is 47.3 Å². The fourth-order valence-corrected chi connectivity index (χ4v) is 1.68. The smallest absolute Gasteiger partial charge is 0.231 e. The van der Waals surface area contributed by atoms with Crippen LogP contribution < -0.4 is 16.0 Å². The summed E-state index contributed by atoms with van der Waals surface area (Å²) in [5.41, 5.74) is 5.71. The molecule has 1 aromatic rings.